The Morgan fingerprint density at radius 2 is 1.45 bits per heavy atom. The van der Waals surface area contributed by atoms with Gasteiger partial charge in [-0.1, -0.05) is 30.3 Å². The fourth-order valence-corrected chi connectivity index (χ4v) is 3.93. The van der Waals surface area contributed by atoms with E-state index in [4.69, 9.17) is 14.2 Å². The van der Waals surface area contributed by atoms with Crippen molar-refractivity contribution < 1.29 is 28.9 Å². The van der Waals surface area contributed by atoms with Gasteiger partial charge in [0, 0.05) is 11.8 Å². The summed E-state index contributed by atoms with van der Waals surface area (Å²) in [7, 11) is 4.53. The van der Waals surface area contributed by atoms with Gasteiger partial charge in [0.05, 0.1) is 38.5 Å². The molecule has 1 heterocycles. The second-order valence-corrected chi connectivity index (χ2v) is 7.34. The van der Waals surface area contributed by atoms with Gasteiger partial charge in [-0.3, -0.25) is 14.5 Å². The molecule has 1 unspecified atom stereocenters. The molecule has 1 N–H and O–H groups in total. The number of nitrogens with zero attached hydrogens (tertiary/aromatic N) is 1. The average molecular weight is 445 g/mol. The van der Waals surface area contributed by atoms with Crippen molar-refractivity contribution in [2.24, 2.45) is 0 Å². The predicted molar refractivity (Wildman–Crippen MR) is 124 cm³/mol. The molecule has 0 bridgehead atoms. The van der Waals surface area contributed by atoms with E-state index in [1.807, 2.05) is 6.07 Å². The summed E-state index contributed by atoms with van der Waals surface area (Å²) >= 11 is 0. The van der Waals surface area contributed by atoms with Gasteiger partial charge in [0.1, 0.15) is 23.0 Å². The van der Waals surface area contributed by atoms with Crippen molar-refractivity contribution in [1.82, 2.24) is 0 Å². The molecule has 1 aliphatic rings. The zero-order chi connectivity index (χ0) is 23.5. The molecule has 7 nitrogen and oxygen atoms in total. The molecular formula is C26H23NO6. The van der Waals surface area contributed by atoms with Crippen LogP contribution in [0.3, 0.4) is 0 Å². The lowest BCUT2D eigenvalue weighted by molar-refractivity contribution is -0.132. The Hall–Kier alpha value is -4.26. The topological polar surface area (TPSA) is 85.3 Å². The number of benzene rings is 3. The average Bonchev–Trinajstić information content (AvgIpc) is 3.14. The number of anilines is 1. The van der Waals surface area contributed by atoms with Crippen molar-refractivity contribution in [2.75, 3.05) is 26.2 Å². The number of ether oxygens (including phenoxy) is 3. The molecule has 1 fully saturated rings. The van der Waals surface area contributed by atoms with Gasteiger partial charge in [-0.05, 0) is 42.0 Å². The number of carbonyl (C=O) groups excluding carboxylic acids is 2. The molecule has 0 spiro atoms. The molecule has 1 atom stereocenters. The van der Waals surface area contributed by atoms with Crippen LogP contribution in [0.25, 0.3) is 5.76 Å². The minimum Gasteiger partial charge on any atom is -0.507 e. The minimum atomic E-state index is -0.842. The third-order valence-electron chi connectivity index (χ3n) is 5.57. The smallest absolute Gasteiger partial charge is 0.300 e. The number of Topliss-reactive ketones (excluding diaryl/α,β-unsaturated/α-hetero) is 1. The first kappa shape index (κ1) is 22.0. The van der Waals surface area contributed by atoms with Crippen LogP contribution < -0.4 is 19.1 Å². The van der Waals surface area contributed by atoms with Crippen LogP contribution in [-0.2, 0) is 9.59 Å². The lowest BCUT2D eigenvalue weighted by atomic mass is 9.94. The number of rotatable bonds is 6. The molecule has 1 aliphatic heterocycles. The number of aliphatic hydroxyl groups excluding tert-OH is 1. The third-order valence-corrected chi connectivity index (χ3v) is 5.57. The molecule has 0 saturated carbocycles. The molecule has 1 saturated heterocycles. The Morgan fingerprint density at radius 3 is 2.06 bits per heavy atom. The summed E-state index contributed by atoms with van der Waals surface area (Å²) in [5.74, 6) is -0.364. The first-order valence-electron chi connectivity index (χ1n) is 10.2. The molecule has 1 amide bonds. The van der Waals surface area contributed by atoms with Crippen LogP contribution in [-0.4, -0.2) is 38.1 Å². The van der Waals surface area contributed by atoms with Crippen LogP contribution in [0.15, 0.2) is 78.4 Å². The number of para-hydroxylation sites is 1. The molecule has 168 valence electrons. The Bertz CT molecular complexity index is 1220. The fraction of sp³-hybridized carbons (Fsp3) is 0.154. The van der Waals surface area contributed by atoms with Crippen LogP contribution in [0.1, 0.15) is 17.2 Å². The summed E-state index contributed by atoms with van der Waals surface area (Å²) in [6.07, 6.45) is 0. The monoisotopic (exact) mass is 445 g/mol. The van der Waals surface area contributed by atoms with E-state index in [1.54, 1.807) is 73.8 Å². The van der Waals surface area contributed by atoms with Gasteiger partial charge in [0.25, 0.3) is 11.7 Å². The lowest BCUT2D eigenvalue weighted by Crippen LogP contribution is -2.29. The maximum atomic E-state index is 13.2. The maximum absolute atomic E-state index is 13.2. The van der Waals surface area contributed by atoms with Crippen LogP contribution in [0, 0.1) is 0 Å². The molecule has 0 aliphatic carbocycles. The first-order valence-corrected chi connectivity index (χ1v) is 10.2. The second-order valence-electron chi connectivity index (χ2n) is 7.34. The zero-order valence-electron chi connectivity index (χ0n) is 18.4. The van der Waals surface area contributed by atoms with E-state index in [9.17, 15) is 14.7 Å². The summed E-state index contributed by atoms with van der Waals surface area (Å²) in [5, 5.41) is 11.3. The molecule has 3 aromatic carbocycles. The van der Waals surface area contributed by atoms with Crippen LogP contribution in [0.4, 0.5) is 5.69 Å². The molecular weight excluding hydrogens is 422 g/mol. The lowest BCUT2D eigenvalue weighted by Gasteiger charge is -2.25. The van der Waals surface area contributed by atoms with E-state index in [2.05, 4.69) is 0 Å². The molecule has 4 rings (SSSR count). The van der Waals surface area contributed by atoms with Crippen LogP contribution in [0.5, 0.6) is 17.2 Å². The summed E-state index contributed by atoms with van der Waals surface area (Å²) in [4.78, 5) is 27.8. The van der Waals surface area contributed by atoms with Crippen molar-refractivity contribution in [3.05, 3.63) is 89.5 Å². The van der Waals surface area contributed by atoms with E-state index in [1.165, 1.54) is 19.1 Å². The van der Waals surface area contributed by atoms with Gasteiger partial charge >= 0.3 is 0 Å². The number of aliphatic hydroxyl groups is 1. The number of methoxy groups -OCH3 is 3. The van der Waals surface area contributed by atoms with Gasteiger partial charge in [-0.25, -0.2) is 0 Å². The van der Waals surface area contributed by atoms with E-state index >= 15 is 0 Å². The van der Waals surface area contributed by atoms with Gasteiger partial charge in [0.2, 0.25) is 0 Å². The van der Waals surface area contributed by atoms with Gasteiger partial charge in [-0.15, -0.1) is 0 Å². The number of amides is 1. The van der Waals surface area contributed by atoms with Crippen LogP contribution in [0.2, 0.25) is 0 Å². The van der Waals surface area contributed by atoms with Crippen molar-refractivity contribution >= 4 is 23.1 Å². The largest absolute Gasteiger partial charge is 0.507 e. The predicted octanol–water partition coefficient (Wildman–Crippen LogP) is 4.34. The summed E-state index contributed by atoms with van der Waals surface area (Å²) in [6.45, 7) is 0. The SMILES string of the molecule is COc1ccc(C2/C(=C(/O)c3ccc(OC)cc3OC)C(=O)C(=O)N2c2ccccc2)cc1. The normalized spacial score (nSPS) is 17.2. The van der Waals surface area contributed by atoms with Gasteiger partial charge in [-0.2, -0.15) is 0 Å². The van der Waals surface area contributed by atoms with E-state index in [0.29, 0.717) is 28.5 Å². The standard InChI is InChI=1S/C26H23NO6/c1-31-18-11-9-16(10-12-18)23-22(24(28)20-14-13-19(32-2)15-21(20)33-3)25(29)26(30)27(23)17-7-5-4-6-8-17/h4-15,23,28H,1-3H3/b24-22-. The summed E-state index contributed by atoms with van der Waals surface area (Å²) in [5.41, 5.74) is 1.44. The first-order chi connectivity index (χ1) is 16.0. The fourth-order valence-electron chi connectivity index (χ4n) is 3.93. The number of carbonyl (C=O) groups is 2. The molecule has 3 aromatic rings. The highest BCUT2D eigenvalue weighted by molar-refractivity contribution is 6.51. The Balaban J connectivity index is 1.94. The third kappa shape index (κ3) is 3.89. The van der Waals surface area contributed by atoms with Crippen molar-refractivity contribution in [2.45, 2.75) is 6.04 Å². The Kier molecular flexibility index (Phi) is 6.04. The molecule has 33 heavy (non-hydrogen) atoms. The zero-order valence-corrected chi connectivity index (χ0v) is 18.4. The quantitative estimate of drug-likeness (QED) is 0.345. The van der Waals surface area contributed by atoms with Crippen molar-refractivity contribution in [3.63, 3.8) is 0 Å². The molecule has 0 radical (unpaired) electrons. The number of hydrogen-bond acceptors (Lipinski definition) is 6. The summed E-state index contributed by atoms with van der Waals surface area (Å²) < 4.78 is 15.9. The number of ketones is 1. The van der Waals surface area contributed by atoms with E-state index < -0.39 is 17.7 Å². The van der Waals surface area contributed by atoms with Gasteiger partial charge < -0.3 is 19.3 Å². The van der Waals surface area contributed by atoms with Crippen LogP contribution >= 0.6 is 0 Å². The minimum absolute atomic E-state index is 0.0301. The highest BCUT2D eigenvalue weighted by Crippen LogP contribution is 2.43. The maximum Gasteiger partial charge on any atom is 0.300 e. The van der Waals surface area contributed by atoms with E-state index in [-0.39, 0.29) is 16.9 Å². The van der Waals surface area contributed by atoms with Crippen molar-refractivity contribution in [1.29, 1.82) is 0 Å². The highest BCUT2D eigenvalue weighted by Gasteiger charge is 2.47. The van der Waals surface area contributed by atoms with Crippen molar-refractivity contribution in [3.8, 4) is 17.2 Å². The summed E-state index contributed by atoms with van der Waals surface area (Å²) in [6, 6.07) is 19.9. The Morgan fingerprint density at radius 1 is 0.818 bits per heavy atom. The number of hydrogen-bond donors (Lipinski definition) is 1. The molecule has 0 aromatic heterocycles. The molecule has 7 heteroatoms. The second kappa shape index (κ2) is 9.08. The Labute approximate surface area is 191 Å². The highest BCUT2D eigenvalue weighted by atomic mass is 16.5. The van der Waals surface area contributed by atoms with Gasteiger partial charge in [0.15, 0.2) is 0 Å². The van der Waals surface area contributed by atoms with E-state index in [0.717, 1.165) is 0 Å².